The number of nitrogens with one attached hydrogen (secondary N) is 1. The summed E-state index contributed by atoms with van der Waals surface area (Å²) < 4.78 is 5.17. The van der Waals surface area contributed by atoms with Crippen LogP contribution in [0.5, 0.6) is 5.75 Å². The number of rotatable bonds is 8. The fourth-order valence-electron chi connectivity index (χ4n) is 3.04. The molecule has 5 heteroatoms. The van der Waals surface area contributed by atoms with E-state index in [9.17, 15) is 9.59 Å². The van der Waals surface area contributed by atoms with E-state index in [-0.39, 0.29) is 23.8 Å². The van der Waals surface area contributed by atoms with Gasteiger partial charge in [-0.3, -0.25) is 9.59 Å². The molecule has 1 fully saturated rings. The van der Waals surface area contributed by atoms with Crippen molar-refractivity contribution in [3.05, 3.63) is 29.8 Å². The van der Waals surface area contributed by atoms with Gasteiger partial charge in [-0.25, -0.2) is 0 Å². The topological polar surface area (TPSA) is 58.6 Å². The molecule has 132 valence electrons. The molecule has 1 aliphatic rings. The van der Waals surface area contributed by atoms with Crippen molar-refractivity contribution in [2.45, 2.75) is 45.6 Å². The molecule has 1 aliphatic heterocycles. The van der Waals surface area contributed by atoms with E-state index in [1.54, 1.807) is 7.11 Å². The van der Waals surface area contributed by atoms with Crippen LogP contribution in [0.3, 0.4) is 0 Å². The number of benzene rings is 1. The smallest absolute Gasteiger partial charge is 0.225 e. The van der Waals surface area contributed by atoms with Crippen molar-refractivity contribution in [3.63, 3.8) is 0 Å². The van der Waals surface area contributed by atoms with Gasteiger partial charge in [0.05, 0.1) is 19.6 Å². The van der Waals surface area contributed by atoms with Crippen LogP contribution < -0.4 is 10.1 Å². The minimum atomic E-state index is -0.0239. The first kappa shape index (κ1) is 18.3. The molecule has 0 bridgehead atoms. The molecule has 1 aromatic carbocycles. The number of likely N-dealkylation sites (tertiary alicyclic amines) is 1. The molecule has 2 atom stereocenters. The first-order chi connectivity index (χ1) is 11.5. The summed E-state index contributed by atoms with van der Waals surface area (Å²) >= 11 is 0. The third kappa shape index (κ3) is 4.73. The van der Waals surface area contributed by atoms with Crippen LogP contribution in [0.4, 0.5) is 0 Å². The van der Waals surface area contributed by atoms with Gasteiger partial charge in [-0.05, 0) is 30.5 Å². The molecular formula is C19H28N2O3. The van der Waals surface area contributed by atoms with Crippen molar-refractivity contribution < 1.29 is 14.3 Å². The van der Waals surface area contributed by atoms with E-state index < -0.39 is 0 Å². The van der Waals surface area contributed by atoms with Crippen molar-refractivity contribution in [2.24, 2.45) is 5.92 Å². The molecule has 1 aromatic rings. The Morgan fingerprint density at radius 3 is 2.83 bits per heavy atom. The van der Waals surface area contributed by atoms with Gasteiger partial charge in [0.2, 0.25) is 11.8 Å². The monoisotopic (exact) mass is 332 g/mol. The fraction of sp³-hybridized carbons (Fsp3) is 0.579. The fourth-order valence-corrected chi connectivity index (χ4v) is 3.04. The summed E-state index contributed by atoms with van der Waals surface area (Å²) in [6, 6.07) is 7.66. The predicted molar refractivity (Wildman–Crippen MR) is 93.9 cm³/mol. The number of amides is 2. The summed E-state index contributed by atoms with van der Waals surface area (Å²) in [5.41, 5.74) is 0.921. The molecular weight excluding hydrogens is 304 g/mol. The molecule has 24 heavy (non-hydrogen) atoms. The average molecular weight is 332 g/mol. The van der Waals surface area contributed by atoms with E-state index in [0.717, 1.165) is 37.1 Å². The van der Waals surface area contributed by atoms with Gasteiger partial charge < -0.3 is 15.0 Å². The Morgan fingerprint density at radius 2 is 2.21 bits per heavy atom. The number of hydrogen-bond acceptors (Lipinski definition) is 3. The average Bonchev–Trinajstić information content (AvgIpc) is 2.54. The van der Waals surface area contributed by atoms with Crippen LogP contribution >= 0.6 is 0 Å². The quantitative estimate of drug-likeness (QED) is 0.795. The highest BCUT2D eigenvalue weighted by Gasteiger charge is 2.34. The Morgan fingerprint density at radius 1 is 1.42 bits per heavy atom. The van der Waals surface area contributed by atoms with Crippen molar-refractivity contribution >= 4 is 11.8 Å². The van der Waals surface area contributed by atoms with E-state index in [0.29, 0.717) is 13.0 Å². The zero-order chi connectivity index (χ0) is 17.5. The van der Waals surface area contributed by atoms with Gasteiger partial charge in [0.1, 0.15) is 5.75 Å². The Balaban J connectivity index is 1.78. The molecule has 2 amide bonds. The lowest BCUT2D eigenvalue weighted by molar-refractivity contribution is -0.143. The SMILES string of the molecule is CCCC(C)C(=O)N1CCC1CNC(=O)Cc1cccc(OC)c1. The van der Waals surface area contributed by atoms with Crippen molar-refractivity contribution in [1.29, 1.82) is 0 Å². The molecule has 1 heterocycles. The summed E-state index contributed by atoms with van der Waals surface area (Å²) in [5, 5.41) is 2.95. The Labute approximate surface area is 144 Å². The van der Waals surface area contributed by atoms with E-state index in [1.807, 2.05) is 36.1 Å². The summed E-state index contributed by atoms with van der Waals surface area (Å²) in [5.74, 6) is 1.02. The van der Waals surface area contributed by atoms with Gasteiger partial charge in [-0.15, -0.1) is 0 Å². The van der Waals surface area contributed by atoms with Crippen LogP contribution in [0.25, 0.3) is 0 Å². The standard InChI is InChI=1S/C19H28N2O3/c1-4-6-14(2)19(23)21-10-9-16(21)13-20-18(22)12-15-7-5-8-17(11-15)24-3/h5,7-8,11,14,16H,4,6,9-10,12-13H2,1-3H3,(H,20,22). The molecule has 5 nitrogen and oxygen atoms in total. The van der Waals surface area contributed by atoms with E-state index in [4.69, 9.17) is 4.74 Å². The summed E-state index contributed by atoms with van der Waals surface area (Å²) in [7, 11) is 1.61. The molecule has 1 N–H and O–H groups in total. The number of hydrogen-bond donors (Lipinski definition) is 1. The number of carbonyl (C=O) groups is 2. The largest absolute Gasteiger partial charge is 0.497 e. The second-order valence-corrected chi connectivity index (χ2v) is 6.50. The molecule has 0 aliphatic carbocycles. The van der Waals surface area contributed by atoms with Gasteiger partial charge >= 0.3 is 0 Å². The van der Waals surface area contributed by atoms with Gasteiger partial charge in [0.25, 0.3) is 0 Å². The summed E-state index contributed by atoms with van der Waals surface area (Å²) in [6.07, 6.45) is 3.22. The molecule has 0 aromatic heterocycles. The van der Waals surface area contributed by atoms with E-state index in [1.165, 1.54) is 0 Å². The van der Waals surface area contributed by atoms with Crippen LogP contribution in [-0.2, 0) is 16.0 Å². The highest BCUT2D eigenvalue weighted by Crippen LogP contribution is 2.21. The highest BCUT2D eigenvalue weighted by molar-refractivity contribution is 5.80. The minimum Gasteiger partial charge on any atom is -0.497 e. The molecule has 2 unspecified atom stereocenters. The molecule has 0 spiro atoms. The van der Waals surface area contributed by atoms with Gasteiger partial charge in [0.15, 0.2) is 0 Å². The van der Waals surface area contributed by atoms with Crippen LogP contribution in [-0.4, -0.2) is 43.0 Å². The molecule has 1 saturated heterocycles. The van der Waals surface area contributed by atoms with E-state index in [2.05, 4.69) is 12.2 Å². The lowest BCUT2D eigenvalue weighted by Crippen LogP contribution is -2.57. The number of carbonyl (C=O) groups excluding carboxylic acids is 2. The second-order valence-electron chi connectivity index (χ2n) is 6.50. The van der Waals surface area contributed by atoms with Crippen molar-refractivity contribution in [2.75, 3.05) is 20.2 Å². The lowest BCUT2D eigenvalue weighted by atomic mass is 9.97. The van der Waals surface area contributed by atoms with Crippen LogP contribution in [0.15, 0.2) is 24.3 Å². The van der Waals surface area contributed by atoms with Crippen LogP contribution in [0.2, 0.25) is 0 Å². The maximum absolute atomic E-state index is 12.3. The first-order valence-corrected chi connectivity index (χ1v) is 8.75. The van der Waals surface area contributed by atoms with Crippen LogP contribution in [0.1, 0.15) is 38.7 Å². The summed E-state index contributed by atoms with van der Waals surface area (Å²) in [4.78, 5) is 26.4. The highest BCUT2D eigenvalue weighted by atomic mass is 16.5. The Kier molecular flexibility index (Phi) is 6.64. The first-order valence-electron chi connectivity index (χ1n) is 8.75. The third-order valence-corrected chi connectivity index (χ3v) is 4.60. The maximum Gasteiger partial charge on any atom is 0.225 e. The minimum absolute atomic E-state index is 0.0239. The van der Waals surface area contributed by atoms with Crippen molar-refractivity contribution in [3.8, 4) is 5.75 Å². The number of nitrogens with zero attached hydrogens (tertiary/aromatic N) is 1. The van der Waals surface area contributed by atoms with Gasteiger partial charge in [0, 0.05) is 19.0 Å². The Hall–Kier alpha value is -2.04. The third-order valence-electron chi connectivity index (χ3n) is 4.60. The van der Waals surface area contributed by atoms with Crippen molar-refractivity contribution in [1.82, 2.24) is 10.2 Å². The lowest BCUT2D eigenvalue weighted by Gasteiger charge is -2.42. The Bertz CT molecular complexity index is 573. The van der Waals surface area contributed by atoms with E-state index >= 15 is 0 Å². The molecule has 0 saturated carbocycles. The summed E-state index contributed by atoms with van der Waals surface area (Å²) in [6.45, 7) is 5.43. The van der Waals surface area contributed by atoms with Gasteiger partial charge in [-0.2, -0.15) is 0 Å². The number of methoxy groups -OCH3 is 1. The predicted octanol–water partition coefficient (Wildman–Crippen LogP) is 2.39. The zero-order valence-electron chi connectivity index (χ0n) is 14.9. The van der Waals surface area contributed by atoms with Gasteiger partial charge in [-0.1, -0.05) is 32.4 Å². The molecule has 0 radical (unpaired) electrons. The zero-order valence-corrected chi connectivity index (χ0v) is 14.9. The molecule has 2 rings (SSSR count). The second kappa shape index (κ2) is 8.71. The number of ether oxygens (including phenoxy) is 1. The van der Waals surface area contributed by atoms with Crippen LogP contribution in [0, 0.1) is 5.92 Å². The normalized spacial score (nSPS) is 17.8. The maximum atomic E-state index is 12.3.